The number of hydrogen-bond donors (Lipinski definition) is 0. The molecule has 0 atom stereocenters. The summed E-state index contributed by atoms with van der Waals surface area (Å²) in [7, 11) is -7.94. The van der Waals surface area contributed by atoms with E-state index in [0.29, 0.717) is 11.1 Å². The number of fused-ring (bicyclic) bond motifs is 1. The normalized spacial score (nSPS) is 18.7. The van der Waals surface area contributed by atoms with Crippen LogP contribution in [0.5, 0.6) is 0 Å². The molecule has 15 heavy (non-hydrogen) atoms. The van der Waals surface area contributed by atoms with E-state index in [0.717, 1.165) is 12.1 Å². The van der Waals surface area contributed by atoms with Crippen LogP contribution in [0.15, 0.2) is 23.1 Å². The lowest BCUT2D eigenvalue weighted by molar-refractivity contribution is 0.552. The predicted octanol–water partition coefficient (Wildman–Crippen LogP) is 0.773. The van der Waals surface area contributed by atoms with Gasteiger partial charge in [0.25, 0.3) is 0 Å². The summed E-state index contributed by atoms with van der Waals surface area (Å²) in [4.78, 5) is -0.488. The molecular formula is C8H7FO4S2. The van der Waals surface area contributed by atoms with Crippen LogP contribution < -0.4 is 0 Å². The molecule has 0 aromatic heterocycles. The van der Waals surface area contributed by atoms with Gasteiger partial charge in [0, 0.05) is 0 Å². The summed E-state index contributed by atoms with van der Waals surface area (Å²) >= 11 is 0. The van der Waals surface area contributed by atoms with Crippen molar-refractivity contribution in [3.8, 4) is 0 Å². The Kier molecular flexibility index (Phi) is 2.13. The van der Waals surface area contributed by atoms with Crippen molar-refractivity contribution in [3.63, 3.8) is 0 Å². The van der Waals surface area contributed by atoms with Gasteiger partial charge < -0.3 is 0 Å². The van der Waals surface area contributed by atoms with Crippen molar-refractivity contribution in [1.82, 2.24) is 0 Å². The van der Waals surface area contributed by atoms with Crippen LogP contribution in [-0.4, -0.2) is 16.8 Å². The molecule has 0 aliphatic carbocycles. The highest BCUT2D eigenvalue weighted by Gasteiger charge is 2.26. The molecule has 82 valence electrons. The third-order valence-electron chi connectivity index (χ3n) is 2.21. The summed E-state index contributed by atoms with van der Waals surface area (Å²) in [5, 5.41) is 0. The van der Waals surface area contributed by atoms with Crippen molar-refractivity contribution in [2.24, 2.45) is 0 Å². The molecule has 0 N–H and O–H groups in total. The summed E-state index contributed by atoms with van der Waals surface area (Å²) in [5.74, 6) is -0.319. The van der Waals surface area contributed by atoms with Gasteiger partial charge in [0.2, 0.25) is 0 Å². The van der Waals surface area contributed by atoms with Crippen LogP contribution in [0, 0.1) is 0 Å². The first-order valence-electron chi connectivity index (χ1n) is 4.05. The fraction of sp³-hybridized carbons (Fsp3) is 0.250. The number of benzene rings is 1. The third-order valence-corrected chi connectivity index (χ3v) is 4.53. The zero-order chi connectivity index (χ0) is 11.3. The molecular weight excluding hydrogens is 243 g/mol. The van der Waals surface area contributed by atoms with Crippen molar-refractivity contribution in [2.45, 2.75) is 16.4 Å². The smallest absolute Gasteiger partial charge is 0.228 e. The molecule has 0 fully saturated rings. The molecule has 0 spiro atoms. The van der Waals surface area contributed by atoms with Crippen molar-refractivity contribution in [3.05, 3.63) is 29.3 Å². The first-order valence-corrected chi connectivity index (χ1v) is 7.25. The molecule has 2 rings (SSSR count). The highest BCUT2D eigenvalue weighted by atomic mass is 32.3. The van der Waals surface area contributed by atoms with Gasteiger partial charge in [0.15, 0.2) is 9.84 Å². The molecule has 0 saturated carbocycles. The van der Waals surface area contributed by atoms with Crippen LogP contribution in [0.1, 0.15) is 11.1 Å². The lowest BCUT2D eigenvalue weighted by atomic mass is 10.1. The van der Waals surface area contributed by atoms with Gasteiger partial charge in [-0.25, -0.2) is 8.42 Å². The van der Waals surface area contributed by atoms with E-state index in [1.165, 1.54) is 6.07 Å². The second kappa shape index (κ2) is 3.02. The summed E-state index contributed by atoms with van der Waals surface area (Å²) in [6.45, 7) is 0. The Morgan fingerprint density at radius 3 is 2.33 bits per heavy atom. The number of rotatable bonds is 1. The minimum absolute atomic E-state index is 0.102. The topological polar surface area (TPSA) is 68.3 Å². The SMILES string of the molecule is O=S1(=O)Cc2ccc(S(=O)(=O)F)cc2C1. The number of hydrogen-bond acceptors (Lipinski definition) is 4. The van der Waals surface area contributed by atoms with Crippen LogP contribution >= 0.6 is 0 Å². The molecule has 4 nitrogen and oxygen atoms in total. The van der Waals surface area contributed by atoms with Gasteiger partial charge in [-0.15, -0.1) is 3.89 Å². The van der Waals surface area contributed by atoms with Crippen LogP contribution in [0.4, 0.5) is 3.89 Å². The van der Waals surface area contributed by atoms with Gasteiger partial charge in [0.1, 0.15) is 0 Å². The maximum atomic E-state index is 12.6. The lowest BCUT2D eigenvalue weighted by Gasteiger charge is -1.98. The largest absolute Gasteiger partial charge is 0.332 e. The van der Waals surface area contributed by atoms with Gasteiger partial charge >= 0.3 is 10.2 Å². The van der Waals surface area contributed by atoms with Crippen molar-refractivity contribution in [1.29, 1.82) is 0 Å². The van der Waals surface area contributed by atoms with Crippen LogP contribution in [0.25, 0.3) is 0 Å². The highest BCUT2D eigenvalue weighted by molar-refractivity contribution is 7.90. The van der Waals surface area contributed by atoms with E-state index in [-0.39, 0.29) is 11.5 Å². The molecule has 1 aliphatic rings. The maximum Gasteiger partial charge on any atom is 0.332 e. The lowest BCUT2D eigenvalue weighted by Crippen LogP contribution is -1.95. The van der Waals surface area contributed by atoms with E-state index in [2.05, 4.69) is 0 Å². The second-order valence-electron chi connectivity index (χ2n) is 3.40. The minimum atomic E-state index is -4.76. The van der Waals surface area contributed by atoms with Crippen molar-refractivity contribution in [2.75, 3.05) is 0 Å². The van der Waals surface area contributed by atoms with Gasteiger partial charge in [-0.3, -0.25) is 0 Å². The average Bonchev–Trinajstić information content (AvgIpc) is 2.34. The molecule has 1 heterocycles. The molecule has 0 radical (unpaired) electrons. The van der Waals surface area contributed by atoms with E-state index in [1.54, 1.807) is 0 Å². The van der Waals surface area contributed by atoms with Gasteiger partial charge in [-0.1, -0.05) is 6.07 Å². The number of sulfone groups is 1. The zero-order valence-electron chi connectivity index (χ0n) is 7.47. The van der Waals surface area contributed by atoms with Crippen molar-refractivity contribution < 1.29 is 20.7 Å². The summed E-state index contributed by atoms with van der Waals surface area (Å²) in [5.41, 5.74) is 0.913. The van der Waals surface area contributed by atoms with E-state index in [9.17, 15) is 20.7 Å². The quantitative estimate of drug-likeness (QED) is 0.690. The first kappa shape index (κ1) is 10.6. The Morgan fingerprint density at radius 1 is 1.13 bits per heavy atom. The molecule has 7 heteroatoms. The molecule has 1 aliphatic heterocycles. The molecule has 0 bridgehead atoms. The second-order valence-corrected chi connectivity index (χ2v) is 6.81. The average molecular weight is 250 g/mol. The van der Waals surface area contributed by atoms with E-state index >= 15 is 0 Å². The summed E-state index contributed by atoms with van der Waals surface area (Å²) in [6.07, 6.45) is 0. The Hall–Kier alpha value is -0.950. The molecule has 1 aromatic carbocycles. The van der Waals surface area contributed by atoms with Gasteiger partial charge in [0.05, 0.1) is 16.4 Å². The van der Waals surface area contributed by atoms with E-state index in [4.69, 9.17) is 0 Å². The monoisotopic (exact) mass is 250 g/mol. The maximum absolute atomic E-state index is 12.6. The minimum Gasteiger partial charge on any atom is -0.228 e. The zero-order valence-corrected chi connectivity index (χ0v) is 9.11. The molecule has 1 aromatic rings. The van der Waals surface area contributed by atoms with Gasteiger partial charge in [-0.05, 0) is 23.3 Å². The Balaban J connectivity index is 2.57. The Morgan fingerprint density at radius 2 is 1.73 bits per heavy atom. The number of halogens is 1. The fourth-order valence-corrected chi connectivity index (χ4v) is 3.67. The third kappa shape index (κ3) is 2.03. The Bertz CT molecular complexity index is 616. The molecule has 0 saturated heterocycles. The molecule has 0 unspecified atom stereocenters. The van der Waals surface area contributed by atoms with E-state index in [1.807, 2.05) is 0 Å². The molecule has 0 amide bonds. The van der Waals surface area contributed by atoms with Crippen molar-refractivity contribution >= 4 is 20.1 Å². The fourth-order valence-electron chi connectivity index (χ4n) is 1.55. The summed E-state index contributed by atoms with van der Waals surface area (Å²) < 4.78 is 56.2. The van der Waals surface area contributed by atoms with Crippen LogP contribution in [0.3, 0.4) is 0 Å². The van der Waals surface area contributed by atoms with E-state index < -0.39 is 25.0 Å². The van der Waals surface area contributed by atoms with Crippen LogP contribution in [0.2, 0.25) is 0 Å². The summed E-state index contributed by atoms with van der Waals surface area (Å²) in [6, 6.07) is 3.50. The predicted molar refractivity (Wildman–Crippen MR) is 51.1 cm³/mol. The standard InChI is InChI=1S/C8H7FO4S2/c9-15(12,13)8-2-1-6-4-14(10,11)5-7(6)3-8/h1-3H,4-5H2. The van der Waals surface area contributed by atoms with Gasteiger partial charge in [-0.2, -0.15) is 8.42 Å². The Labute approximate surface area is 86.9 Å². The first-order chi connectivity index (χ1) is 6.78. The highest BCUT2D eigenvalue weighted by Crippen LogP contribution is 2.27. The van der Waals surface area contributed by atoms with Crippen LogP contribution in [-0.2, 0) is 31.6 Å².